The molecule has 1 aliphatic rings. The van der Waals surface area contributed by atoms with Crippen LogP contribution in [0.25, 0.3) is 0 Å². The number of methoxy groups -OCH3 is 1. The van der Waals surface area contributed by atoms with E-state index in [0.717, 1.165) is 48.8 Å². The molecule has 1 heterocycles. The van der Waals surface area contributed by atoms with E-state index in [1.165, 1.54) is 0 Å². The van der Waals surface area contributed by atoms with Crippen molar-refractivity contribution >= 4 is 56.3 Å². The molecule has 1 N–H and O–H groups in total. The summed E-state index contributed by atoms with van der Waals surface area (Å²) in [6.07, 6.45) is 0. The number of piperazine rings is 1. The van der Waals surface area contributed by atoms with E-state index in [1.54, 1.807) is 25.3 Å². The normalized spacial score (nSPS) is 14.2. The number of hydrogen-bond donors (Lipinski definition) is 1. The predicted octanol–water partition coefficient (Wildman–Crippen LogP) is 4.75. The summed E-state index contributed by atoms with van der Waals surface area (Å²) in [6.45, 7) is 8.68. The van der Waals surface area contributed by atoms with Gasteiger partial charge in [0.15, 0.2) is 18.1 Å². The van der Waals surface area contributed by atoms with E-state index in [2.05, 4.69) is 38.0 Å². The van der Waals surface area contributed by atoms with Gasteiger partial charge in [-0.2, -0.15) is 0 Å². The van der Waals surface area contributed by atoms with Gasteiger partial charge in [-0.1, -0.05) is 36.8 Å². The number of rotatable bonds is 7. The lowest BCUT2D eigenvalue weighted by atomic mass is 10.1. The van der Waals surface area contributed by atoms with Gasteiger partial charge in [-0.3, -0.25) is 4.79 Å². The molecule has 0 saturated carbocycles. The summed E-state index contributed by atoms with van der Waals surface area (Å²) in [5.74, 6) is 0.668. The number of amides is 1. The second-order valence-electron chi connectivity index (χ2n) is 7.47. The Kier molecular flexibility index (Phi) is 8.76. The summed E-state index contributed by atoms with van der Waals surface area (Å²) < 4.78 is 12.0. The first kappa shape index (κ1) is 24.8. The monoisotopic (exact) mass is 539 g/mol. The Labute approximate surface area is 207 Å². The second kappa shape index (κ2) is 11.3. The molecule has 32 heavy (non-hydrogen) atoms. The number of hydrogen-bond acceptors (Lipinski definition) is 5. The van der Waals surface area contributed by atoms with Gasteiger partial charge in [0.2, 0.25) is 0 Å². The van der Waals surface area contributed by atoms with Crippen molar-refractivity contribution in [3.8, 4) is 11.5 Å². The summed E-state index contributed by atoms with van der Waals surface area (Å²) >= 11 is 15.4. The molecule has 1 amide bonds. The number of nitrogens with one attached hydrogen (secondary N) is 1. The van der Waals surface area contributed by atoms with Gasteiger partial charge < -0.3 is 24.6 Å². The Hall–Kier alpha value is -1.87. The van der Waals surface area contributed by atoms with Crippen LogP contribution in [0.15, 0.2) is 34.8 Å². The lowest BCUT2D eigenvalue weighted by molar-refractivity contribution is -0.118. The number of carbonyl (C=O) groups excluding carboxylic acids is 1. The number of halogens is 2. The third-order valence-electron chi connectivity index (χ3n) is 5.47. The van der Waals surface area contributed by atoms with Crippen molar-refractivity contribution in [1.82, 2.24) is 9.80 Å². The number of benzene rings is 2. The van der Waals surface area contributed by atoms with Crippen molar-refractivity contribution in [1.29, 1.82) is 0 Å². The molecule has 0 aromatic heterocycles. The molecule has 9 heteroatoms. The maximum atomic E-state index is 12.4. The number of anilines is 1. The van der Waals surface area contributed by atoms with E-state index in [9.17, 15) is 4.79 Å². The van der Waals surface area contributed by atoms with Gasteiger partial charge >= 0.3 is 0 Å². The maximum absolute atomic E-state index is 12.4. The molecule has 0 radical (unpaired) electrons. The summed E-state index contributed by atoms with van der Waals surface area (Å²) in [4.78, 5) is 17.8. The first-order valence-corrected chi connectivity index (χ1v) is 12.0. The van der Waals surface area contributed by atoms with E-state index >= 15 is 0 Å². The number of thiocarbonyl (C=S) groups is 1. The average Bonchev–Trinajstić information content (AvgIpc) is 2.80. The SMILES string of the molecule is CCN1CCN(C(=S)c2cc(Br)c(OCC(=O)Nc3cccc(Cl)c3C)c(OC)c2)CC1. The molecular weight excluding hydrogens is 514 g/mol. The quantitative estimate of drug-likeness (QED) is 0.512. The van der Waals surface area contributed by atoms with Crippen LogP contribution in [0.1, 0.15) is 18.1 Å². The number of likely N-dealkylation sites (N-methyl/N-ethyl adjacent to an activating group) is 1. The van der Waals surface area contributed by atoms with Crippen LogP contribution in [-0.2, 0) is 4.79 Å². The third-order valence-corrected chi connectivity index (χ3v) is 6.96. The van der Waals surface area contributed by atoms with Gasteiger partial charge in [0.25, 0.3) is 5.91 Å². The van der Waals surface area contributed by atoms with E-state index < -0.39 is 0 Å². The largest absolute Gasteiger partial charge is 0.493 e. The zero-order valence-corrected chi connectivity index (χ0v) is 21.6. The Balaban J connectivity index is 1.68. The molecule has 0 unspecified atom stereocenters. The highest BCUT2D eigenvalue weighted by Gasteiger charge is 2.21. The smallest absolute Gasteiger partial charge is 0.262 e. The van der Waals surface area contributed by atoms with Gasteiger partial charge in [0, 0.05) is 42.5 Å². The third kappa shape index (κ3) is 5.92. The van der Waals surface area contributed by atoms with Crippen LogP contribution in [0.3, 0.4) is 0 Å². The molecule has 2 aromatic rings. The molecule has 0 atom stereocenters. The Morgan fingerprint density at radius 1 is 1.25 bits per heavy atom. The zero-order valence-electron chi connectivity index (χ0n) is 18.4. The first-order chi connectivity index (χ1) is 15.3. The van der Waals surface area contributed by atoms with Crippen LogP contribution in [0.4, 0.5) is 5.69 Å². The standard InChI is InChI=1S/C23H27BrClN3O3S/c1-4-27-8-10-28(11-9-27)23(32)16-12-17(24)22(20(13-16)30-3)31-14-21(29)26-19-7-5-6-18(25)15(19)2/h5-7,12-13H,4,8-11,14H2,1-3H3,(H,26,29). The lowest BCUT2D eigenvalue weighted by Gasteiger charge is -2.35. The fraction of sp³-hybridized carbons (Fsp3) is 0.391. The molecule has 6 nitrogen and oxygen atoms in total. The minimum absolute atomic E-state index is 0.177. The summed E-state index contributed by atoms with van der Waals surface area (Å²) in [5.41, 5.74) is 2.33. The Morgan fingerprint density at radius 2 is 1.97 bits per heavy atom. The van der Waals surface area contributed by atoms with Crippen molar-refractivity contribution < 1.29 is 14.3 Å². The molecule has 2 aromatic carbocycles. The van der Waals surface area contributed by atoms with E-state index in [-0.39, 0.29) is 12.5 Å². The van der Waals surface area contributed by atoms with E-state index in [4.69, 9.17) is 33.3 Å². The Morgan fingerprint density at radius 3 is 2.62 bits per heavy atom. The van der Waals surface area contributed by atoms with Gasteiger partial charge in [-0.25, -0.2) is 0 Å². The van der Waals surface area contributed by atoms with Gasteiger partial charge in [0.05, 0.1) is 11.6 Å². The molecule has 1 saturated heterocycles. The van der Waals surface area contributed by atoms with Gasteiger partial charge in [0.1, 0.15) is 4.99 Å². The molecule has 0 aliphatic carbocycles. The molecular formula is C23H27BrClN3O3S. The predicted molar refractivity (Wildman–Crippen MR) is 136 cm³/mol. The maximum Gasteiger partial charge on any atom is 0.262 e. The van der Waals surface area contributed by atoms with Crippen molar-refractivity contribution in [2.45, 2.75) is 13.8 Å². The molecule has 0 spiro atoms. The van der Waals surface area contributed by atoms with Crippen molar-refractivity contribution in [2.24, 2.45) is 0 Å². The fourth-order valence-corrected chi connectivity index (χ4v) is 4.53. The van der Waals surface area contributed by atoms with Gasteiger partial charge in [-0.15, -0.1) is 0 Å². The summed E-state index contributed by atoms with van der Waals surface area (Å²) in [6, 6.07) is 9.13. The minimum Gasteiger partial charge on any atom is -0.493 e. The average molecular weight is 541 g/mol. The van der Waals surface area contributed by atoms with Gasteiger partial charge in [-0.05, 0) is 59.2 Å². The second-order valence-corrected chi connectivity index (χ2v) is 9.11. The van der Waals surface area contributed by atoms with E-state index in [1.807, 2.05) is 19.1 Å². The van der Waals surface area contributed by atoms with Crippen LogP contribution in [0.2, 0.25) is 5.02 Å². The zero-order chi connectivity index (χ0) is 23.3. The number of carbonyl (C=O) groups is 1. The lowest BCUT2D eigenvalue weighted by Crippen LogP contribution is -2.48. The summed E-state index contributed by atoms with van der Waals surface area (Å²) in [7, 11) is 1.57. The minimum atomic E-state index is -0.294. The van der Waals surface area contributed by atoms with Crippen molar-refractivity contribution in [2.75, 3.05) is 51.8 Å². The van der Waals surface area contributed by atoms with Crippen LogP contribution in [0, 0.1) is 6.92 Å². The highest BCUT2D eigenvalue weighted by atomic mass is 79.9. The van der Waals surface area contributed by atoms with Crippen LogP contribution >= 0.6 is 39.7 Å². The van der Waals surface area contributed by atoms with E-state index in [0.29, 0.717) is 26.7 Å². The summed E-state index contributed by atoms with van der Waals surface area (Å²) in [5, 5.41) is 3.42. The Bertz CT molecular complexity index is 997. The van der Waals surface area contributed by atoms with Crippen LogP contribution < -0.4 is 14.8 Å². The number of ether oxygens (including phenoxy) is 2. The molecule has 1 fully saturated rings. The fourth-order valence-electron chi connectivity index (χ4n) is 3.50. The molecule has 3 rings (SSSR count). The highest BCUT2D eigenvalue weighted by Crippen LogP contribution is 2.37. The topological polar surface area (TPSA) is 54.0 Å². The van der Waals surface area contributed by atoms with Crippen LogP contribution in [0.5, 0.6) is 11.5 Å². The molecule has 1 aliphatic heterocycles. The first-order valence-electron chi connectivity index (χ1n) is 10.4. The number of nitrogens with zero attached hydrogens (tertiary/aromatic N) is 2. The molecule has 0 bridgehead atoms. The molecule has 172 valence electrons. The highest BCUT2D eigenvalue weighted by molar-refractivity contribution is 9.10. The van der Waals surface area contributed by atoms with Crippen LogP contribution in [-0.4, -0.2) is 67.1 Å². The van der Waals surface area contributed by atoms with Crippen molar-refractivity contribution in [3.05, 3.63) is 51.0 Å². The van der Waals surface area contributed by atoms with Crippen molar-refractivity contribution in [3.63, 3.8) is 0 Å².